The maximum Gasteiger partial charge on any atom is 0.287 e. The quantitative estimate of drug-likeness (QED) is 0.643. The molecule has 0 spiro atoms. The topological polar surface area (TPSA) is 81.0 Å². The molecule has 18 heavy (non-hydrogen) atoms. The smallest absolute Gasteiger partial charge is 0.287 e. The minimum Gasteiger partial charge on any atom is -0.370 e. The lowest BCUT2D eigenvalue weighted by molar-refractivity contribution is -0.385. The van der Waals surface area contributed by atoms with Crippen molar-refractivity contribution in [2.45, 2.75) is 6.42 Å². The number of nitrogens with zero attached hydrogens (tertiary/aromatic N) is 3. The van der Waals surface area contributed by atoms with Gasteiger partial charge in [0.2, 0.25) is 0 Å². The summed E-state index contributed by atoms with van der Waals surface area (Å²) in [6.45, 7) is 0.705. The second-order valence-electron chi connectivity index (χ2n) is 3.70. The van der Waals surface area contributed by atoms with E-state index in [0.29, 0.717) is 12.4 Å². The van der Waals surface area contributed by atoms with Crippen molar-refractivity contribution in [3.8, 4) is 0 Å². The van der Waals surface area contributed by atoms with Crippen LogP contribution in [-0.4, -0.2) is 21.4 Å². The number of nitro groups is 1. The van der Waals surface area contributed by atoms with Crippen molar-refractivity contribution in [2.75, 3.05) is 11.9 Å². The van der Waals surface area contributed by atoms with E-state index in [1.165, 1.54) is 12.3 Å². The highest BCUT2D eigenvalue weighted by molar-refractivity contribution is 5.40. The van der Waals surface area contributed by atoms with Crippen LogP contribution in [-0.2, 0) is 6.42 Å². The van der Waals surface area contributed by atoms with Crippen molar-refractivity contribution >= 4 is 11.5 Å². The van der Waals surface area contributed by atoms with Crippen LogP contribution >= 0.6 is 0 Å². The molecule has 0 fully saturated rings. The molecule has 0 saturated heterocycles. The lowest BCUT2D eigenvalue weighted by Crippen LogP contribution is -2.06. The number of hydrogen-bond donors (Lipinski definition) is 1. The predicted octanol–water partition coefficient (Wildman–Crippen LogP) is 2.04. The second kappa shape index (κ2) is 5.72. The fraction of sp³-hybridized carbons (Fsp3) is 0.167. The Morgan fingerprint density at radius 3 is 2.78 bits per heavy atom. The average Bonchev–Trinajstić information content (AvgIpc) is 2.40. The summed E-state index contributed by atoms with van der Waals surface area (Å²) in [6, 6.07) is 6.91. The summed E-state index contributed by atoms with van der Waals surface area (Å²) in [4.78, 5) is 18.0. The molecule has 0 aliphatic carbocycles. The van der Waals surface area contributed by atoms with E-state index in [1.807, 2.05) is 18.3 Å². The molecular formula is C12H12N4O2. The summed E-state index contributed by atoms with van der Waals surface area (Å²) in [5.74, 6) is 0.629. The molecule has 92 valence electrons. The van der Waals surface area contributed by atoms with Gasteiger partial charge in [0.15, 0.2) is 0 Å². The number of aromatic nitrogens is 2. The van der Waals surface area contributed by atoms with Crippen molar-refractivity contribution in [2.24, 2.45) is 0 Å². The monoisotopic (exact) mass is 244 g/mol. The Morgan fingerprint density at radius 1 is 1.28 bits per heavy atom. The van der Waals surface area contributed by atoms with E-state index in [9.17, 15) is 10.1 Å². The first-order valence-corrected chi connectivity index (χ1v) is 5.49. The summed E-state index contributed by atoms with van der Waals surface area (Å²) >= 11 is 0. The number of hydrogen-bond acceptors (Lipinski definition) is 5. The van der Waals surface area contributed by atoms with Gasteiger partial charge in [-0.15, -0.1) is 0 Å². The number of anilines is 1. The summed E-state index contributed by atoms with van der Waals surface area (Å²) in [5.41, 5.74) is 1.12. The Balaban J connectivity index is 1.85. The normalized spacial score (nSPS) is 10.0. The van der Waals surface area contributed by atoms with Gasteiger partial charge in [0.05, 0.1) is 4.92 Å². The van der Waals surface area contributed by atoms with Crippen molar-refractivity contribution in [1.82, 2.24) is 9.97 Å². The van der Waals surface area contributed by atoms with Crippen LogP contribution in [0.1, 0.15) is 5.56 Å². The lowest BCUT2D eigenvalue weighted by atomic mass is 10.2. The first kappa shape index (κ1) is 12.0. The van der Waals surface area contributed by atoms with Crippen LogP contribution in [0.25, 0.3) is 0 Å². The Hall–Kier alpha value is -2.50. The number of pyridine rings is 2. The molecule has 0 radical (unpaired) electrons. The maximum atomic E-state index is 10.4. The molecule has 0 atom stereocenters. The zero-order valence-corrected chi connectivity index (χ0v) is 9.61. The van der Waals surface area contributed by atoms with Crippen LogP contribution in [0.15, 0.2) is 42.9 Å². The summed E-state index contributed by atoms with van der Waals surface area (Å²) in [7, 11) is 0. The highest BCUT2D eigenvalue weighted by atomic mass is 16.6. The van der Waals surface area contributed by atoms with Gasteiger partial charge in [-0.3, -0.25) is 15.1 Å². The zero-order valence-electron chi connectivity index (χ0n) is 9.61. The molecule has 0 aliphatic rings. The van der Waals surface area contributed by atoms with Crippen LogP contribution in [0.5, 0.6) is 0 Å². The van der Waals surface area contributed by atoms with Gasteiger partial charge in [0, 0.05) is 25.0 Å². The minimum absolute atomic E-state index is 0.00666. The summed E-state index contributed by atoms with van der Waals surface area (Å²) < 4.78 is 0. The Labute approximate surface area is 104 Å². The third-order valence-corrected chi connectivity index (χ3v) is 2.40. The van der Waals surface area contributed by atoms with E-state index in [0.717, 1.165) is 12.0 Å². The van der Waals surface area contributed by atoms with Gasteiger partial charge in [0.25, 0.3) is 5.69 Å². The van der Waals surface area contributed by atoms with E-state index in [2.05, 4.69) is 15.3 Å². The first-order chi connectivity index (χ1) is 8.75. The third kappa shape index (κ3) is 3.24. The minimum atomic E-state index is -0.466. The van der Waals surface area contributed by atoms with Crippen molar-refractivity contribution in [1.29, 1.82) is 0 Å². The van der Waals surface area contributed by atoms with Crippen molar-refractivity contribution in [3.05, 3.63) is 58.5 Å². The van der Waals surface area contributed by atoms with Crippen LogP contribution in [0.2, 0.25) is 0 Å². The molecule has 2 rings (SSSR count). The van der Waals surface area contributed by atoms with E-state index in [1.54, 1.807) is 12.3 Å². The Morgan fingerprint density at radius 2 is 2.17 bits per heavy atom. The van der Waals surface area contributed by atoms with Crippen LogP contribution < -0.4 is 5.32 Å². The zero-order chi connectivity index (χ0) is 12.8. The summed E-state index contributed by atoms with van der Waals surface area (Å²) in [6.07, 6.45) is 5.61. The highest BCUT2D eigenvalue weighted by Gasteiger charge is 2.04. The standard InChI is InChI=1S/C12H12N4O2/c17-16(18)11-3-4-12(15-9-11)14-7-5-10-2-1-6-13-8-10/h1-4,6,8-9H,5,7H2,(H,14,15). The van der Waals surface area contributed by atoms with Gasteiger partial charge in [0.1, 0.15) is 12.0 Å². The molecule has 0 bridgehead atoms. The average molecular weight is 244 g/mol. The second-order valence-corrected chi connectivity index (χ2v) is 3.70. The predicted molar refractivity (Wildman–Crippen MR) is 67.3 cm³/mol. The molecule has 0 amide bonds. The molecule has 2 heterocycles. The van der Waals surface area contributed by atoms with E-state index < -0.39 is 4.92 Å². The number of rotatable bonds is 5. The molecule has 0 unspecified atom stereocenters. The molecule has 6 nitrogen and oxygen atoms in total. The third-order valence-electron chi connectivity index (χ3n) is 2.40. The van der Waals surface area contributed by atoms with Crippen LogP contribution in [0.4, 0.5) is 11.5 Å². The molecule has 6 heteroatoms. The van der Waals surface area contributed by atoms with Gasteiger partial charge in [-0.2, -0.15) is 0 Å². The fourth-order valence-corrected chi connectivity index (χ4v) is 1.48. The lowest BCUT2D eigenvalue weighted by Gasteiger charge is -2.04. The Kier molecular flexibility index (Phi) is 3.80. The fourth-order valence-electron chi connectivity index (χ4n) is 1.48. The largest absolute Gasteiger partial charge is 0.370 e. The molecule has 0 aliphatic heterocycles. The van der Waals surface area contributed by atoms with Gasteiger partial charge < -0.3 is 5.32 Å². The number of nitrogens with one attached hydrogen (secondary N) is 1. The van der Waals surface area contributed by atoms with Gasteiger partial charge >= 0.3 is 0 Å². The highest BCUT2D eigenvalue weighted by Crippen LogP contribution is 2.11. The molecular weight excluding hydrogens is 232 g/mol. The molecule has 0 saturated carbocycles. The van der Waals surface area contributed by atoms with E-state index in [-0.39, 0.29) is 5.69 Å². The Bertz CT molecular complexity index is 513. The van der Waals surface area contributed by atoms with Crippen LogP contribution in [0, 0.1) is 10.1 Å². The van der Waals surface area contributed by atoms with Crippen molar-refractivity contribution < 1.29 is 4.92 Å². The van der Waals surface area contributed by atoms with Gasteiger partial charge in [-0.05, 0) is 24.1 Å². The maximum absolute atomic E-state index is 10.4. The summed E-state index contributed by atoms with van der Waals surface area (Å²) in [5, 5.41) is 13.5. The van der Waals surface area contributed by atoms with E-state index in [4.69, 9.17) is 0 Å². The van der Waals surface area contributed by atoms with Crippen molar-refractivity contribution in [3.63, 3.8) is 0 Å². The van der Waals surface area contributed by atoms with Gasteiger partial charge in [-0.25, -0.2) is 4.98 Å². The molecule has 0 aromatic carbocycles. The first-order valence-electron chi connectivity index (χ1n) is 5.49. The SMILES string of the molecule is O=[N+]([O-])c1ccc(NCCc2cccnc2)nc1. The van der Waals surface area contributed by atoms with Gasteiger partial charge in [-0.1, -0.05) is 6.07 Å². The van der Waals surface area contributed by atoms with E-state index >= 15 is 0 Å². The molecule has 1 N–H and O–H groups in total. The molecule has 2 aromatic heterocycles. The molecule has 2 aromatic rings. The van der Waals surface area contributed by atoms with Crippen LogP contribution in [0.3, 0.4) is 0 Å².